The Hall–Kier alpha value is -0.870. The molecular formula is C15H20BrN3. The highest BCUT2D eigenvalue weighted by Gasteiger charge is 2.29. The maximum atomic E-state index is 6.55. The van der Waals surface area contributed by atoms with Crippen LogP contribution in [0.2, 0.25) is 0 Å². The average Bonchev–Trinajstić information content (AvgIpc) is 2.66. The van der Waals surface area contributed by atoms with E-state index in [1.54, 1.807) is 0 Å². The van der Waals surface area contributed by atoms with Crippen LogP contribution in [-0.2, 0) is 13.5 Å². The van der Waals surface area contributed by atoms with Crippen LogP contribution in [0.4, 0.5) is 0 Å². The van der Waals surface area contributed by atoms with Crippen molar-refractivity contribution < 1.29 is 0 Å². The molecule has 3 rings (SSSR count). The average molecular weight is 322 g/mol. The molecule has 0 atom stereocenters. The SMILES string of the molecule is Cn1c(CC2(N)CCCCC2)nc2cc(Br)ccc21. The zero-order valence-corrected chi connectivity index (χ0v) is 12.9. The molecule has 0 radical (unpaired) electrons. The van der Waals surface area contributed by atoms with Gasteiger partial charge in [0.15, 0.2) is 0 Å². The molecule has 19 heavy (non-hydrogen) atoms. The van der Waals surface area contributed by atoms with E-state index in [2.05, 4.69) is 45.7 Å². The van der Waals surface area contributed by atoms with Crippen LogP contribution in [0.3, 0.4) is 0 Å². The fraction of sp³-hybridized carbons (Fsp3) is 0.533. The molecular weight excluding hydrogens is 302 g/mol. The lowest BCUT2D eigenvalue weighted by Crippen LogP contribution is -2.44. The van der Waals surface area contributed by atoms with E-state index in [1.165, 1.54) is 24.8 Å². The molecule has 0 spiro atoms. The molecule has 102 valence electrons. The summed E-state index contributed by atoms with van der Waals surface area (Å²) < 4.78 is 3.26. The van der Waals surface area contributed by atoms with Crippen LogP contribution in [-0.4, -0.2) is 15.1 Å². The number of hydrogen-bond acceptors (Lipinski definition) is 2. The molecule has 1 heterocycles. The molecule has 1 aliphatic carbocycles. The number of fused-ring (bicyclic) bond motifs is 1. The zero-order valence-electron chi connectivity index (χ0n) is 11.3. The van der Waals surface area contributed by atoms with Crippen LogP contribution in [0, 0.1) is 0 Å². The number of rotatable bonds is 2. The summed E-state index contributed by atoms with van der Waals surface area (Å²) in [6.07, 6.45) is 6.97. The number of aryl methyl sites for hydroxylation is 1. The van der Waals surface area contributed by atoms with Crippen molar-refractivity contribution in [3.63, 3.8) is 0 Å². The third kappa shape index (κ3) is 2.56. The third-order valence-corrected chi connectivity index (χ3v) is 4.79. The number of benzene rings is 1. The zero-order chi connectivity index (χ0) is 13.5. The van der Waals surface area contributed by atoms with Gasteiger partial charge in [-0.25, -0.2) is 4.98 Å². The number of nitrogens with two attached hydrogens (primary N) is 1. The molecule has 1 aromatic carbocycles. The van der Waals surface area contributed by atoms with Crippen molar-refractivity contribution in [2.75, 3.05) is 0 Å². The van der Waals surface area contributed by atoms with Crippen LogP contribution in [0.15, 0.2) is 22.7 Å². The smallest absolute Gasteiger partial charge is 0.111 e. The molecule has 0 amide bonds. The highest BCUT2D eigenvalue weighted by Crippen LogP contribution is 2.30. The normalized spacial score (nSPS) is 18.9. The molecule has 1 saturated carbocycles. The minimum Gasteiger partial charge on any atom is -0.331 e. The predicted octanol–water partition coefficient (Wildman–Crippen LogP) is 3.54. The van der Waals surface area contributed by atoms with Gasteiger partial charge in [-0.15, -0.1) is 0 Å². The second-order valence-electron chi connectivity index (χ2n) is 5.82. The number of aromatic nitrogens is 2. The summed E-state index contributed by atoms with van der Waals surface area (Å²) in [5.74, 6) is 1.11. The van der Waals surface area contributed by atoms with Gasteiger partial charge < -0.3 is 10.3 Å². The van der Waals surface area contributed by atoms with E-state index in [9.17, 15) is 0 Å². The molecule has 1 fully saturated rings. The quantitative estimate of drug-likeness (QED) is 0.919. The Labute approximate surface area is 122 Å². The lowest BCUT2D eigenvalue weighted by molar-refractivity contribution is 0.288. The highest BCUT2D eigenvalue weighted by molar-refractivity contribution is 9.10. The van der Waals surface area contributed by atoms with E-state index < -0.39 is 0 Å². The van der Waals surface area contributed by atoms with Gasteiger partial charge in [0.1, 0.15) is 5.82 Å². The predicted molar refractivity (Wildman–Crippen MR) is 82.1 cm³/mol. The van der Waals surface area contributed by atoms with Crippen molar-refractivity contribution in [1.29, 1.82) is 0 Å². The standard InChI is InChI=1S/C15H20BrN3/c1-19-13-6-5-11(16)9-12(13)18-14(19)10-15(17)7-3-2-4-8-15/h5-6,9H,2-4,7-8,10,17H2,1H3. The van der Waals surface area contributed by atoms with Crippen molar-refractivity contribution in [3.05, 3.63) is 28.5 Å². The number of hydrogen-bond donors (Lipinski definition) is 1. The van der Waals surface area contributed by atoms with Crippen LogP contribution in [0.25, 0.3) is 11.0 Å². The molecule has 4 heteroatoms. The molecule has 0 unspecified atom stereocenters. The molecule has 1 aromatic heterocycles. The second kappa shape index (κ2) is 4.91. The lowest BCUT2D eigenvalue weighted by Gasteiger charge is -2.33. The molecule has 1 aliphatic rings. The van der Waals surface area contributed by atoms with E-state index in [-0.39, 0.29) is 5.54 Å². The van der Waals surface area contributed by atoms with Gasteiger partial charge in [0.05, 0.1) is 11.0 Å². The van der Waals surface area contributed by atoms with Crippen molar-refractivity contribution in [3.8, 4) is 0 Å². The molecule has 2 aromatic rings. The Morgan fingerprint density at radius 3 is 2.79 bits per heavy atom. The van der Waals surface area contributed by atoms with E-state index in [4.69, 9.17) is 10.7 Å². The van der Waals surface area contributed by atoms with Crippen LogP contribution in [0.1, 0.15) is 37.9 Å². The van der Waals surface area contributed by atoms with Crippen LogP contribution in [0.5, 0.6) is 0 Å². The number of nitrogens with zero attached hydrogens (tertiary/aromatic N) is 2. The Kier molecular flexibility index (Phi) is 3.39. The summed E-state index contributed by atoms with van der Waals surface area (Å²) >= 11 is 3.50. The summed E-state index contributed by atoms with van der Waals surface area (Å²) in [7, 11) is 2.09. The highest BCUT2D eigenvalue weighted by atomic mass is 79.9. The maximum Gasteiger partial charge on any atom is 0.111 e. The van der Waals surface area contributed by atoms with Crippen molar-refractivity contribution in [2.45, 2.75) is 44.1 Å². The van der Waals surface area contributed by atoms with Gasteiger partial charge in [0, 0.05) is 23.5 Å². The minimum atomic E-state index is -0.0510. The van der Waals surface area contributed by atoms with Crippen molar-refractivity contribution in [1.82, 2.24) is 9.55 Å². The first-order chi connectivity index (χ1) is 9.07. The van der Waals surface area contributed by atoms with Gasteiger partial charge in [0.2, 0.25) is 0 Å². The summed E-state index contributed by atoms with van der Waals surface area (Å²) in [6, 6.07) is 6.25. The van der Waals surface area contributed by atoms with Crippen LogP contribution >= 0.6 is 15.9 Å². The largest absolute Gasteiger partial charge is 0.331 e. The first-order valence-corrected chi connectivity index (χ1v) is 7.76. The van der Waals surface area contributed by atoms with Gasteiger partial charge in [-0.05, 0) is 31.0 Å². The summed E-state index contributed by atoms with van der Waals surface area (Å²) in [4.78, 5) is 4.77. The number of imidazole rings is 1. The first kappa shape index (κ1) is 13.1. The second-order valence-corrected chi connectivity index (χ2v) is 6.74. The van der Waals surface area contributed by atoms with E-state index in [0.717, 1.165) is 35.1 Å². The third-order valence-electron chi connectivity index (χ3n) is 4.30. The molecule has 0 aliphatic heterocycles. The summed E-state index contributed by atoms with van der Waals surface area (Å²) in [6.45, 7) is 0. The van der Waals surface area contributed by atoms with E-state index in [0.29, 0.717) is 0 Å². The van der Waals surface area contributed by atoms with Crippen molar-refractivity contribution >= 4 is 27.0 Å². The molecule has 2 N–H and O–H groups in total. The fourth-order valence-corrected chi connectivity index (χ4v) is 3.48. The van der Waals surface area contributed by atoms with Gasteiger partial charge in [-0.1, -0.05) is 35.2 Å². The van der Waals surface area contributed by atoms with Crippen LogP contribution < -0.4 is 5.73 Å². The van der Waals surface area contributed by atoms with Gasteiger partial charge in [-0.3, -0.25) is 0 Å². The van der Waals surface area contributed by atoms with Gasteiger partial charge in [-0.2, -0.15) is 0 Å². The lowest BCUT2D eigenvalue weighted by atomic mass is 9.80. The summed E-state index contributed by atoms with van der Waals surface area (Å²) in [5, 5.41) is 0. The molecule has 0 bridgehead atoms. The Bertz CT molecular complexity index is 597. The van der Waals surface area contributed by atoms with E-state index in [1.807, 2.05) is 0 Å². The van der Waals surface area contributed by atoms with Gasteiger partial charge >= 0.3 is 0 Å². The Morgan fingerprint density at radius 2 is 2.05 bits per heavy atom. The van der Waals surface area contributed by atoms with E-state index >= 15 is 0 Å². The van der Waals surface area contributed by atoms with Crippen molar-refractivity contribution in [2.24, 2.45) is 12.8 Å². The Balaban J connectivity index is 1.94. The minimum absolute atomic E-state index is 0.0510. The molecule has 3 nitrogen and oxygen atoms in total. The number of halogens is 1. The Morgan fingerprint density at radius 1 is 1.32 bits per heavy atom. The van der Waals surface area contributed by atoms with Gasteiger partial charge in [0.25, 0.3) is 0 Å². The fourth-order valence-electron chi connectivity index (χ4n) is 3.13. The maximum absolute atomic E-state index is 6.55. The molecule has 0 saturated heterocycles. The monoisotopic (exact) mass is 321 g/mol. The topological polar surface area (TPSA) is 43.8 Å². The first-order valence-electron chi connectivity index (χ1n) is 6.97. The summed E-state index contributed by atoms with van der Waals surface area (Å²) in [5.41, 5.74) is 8.72.